The van der Waals surface area contributed by atoms with E-state index in [1.165, 1.54) is 19.3 Å². The molecule has 118 valence electrons. The van der Waals surface area contributed by atoms with Crippen LogP contribution in [0.15, 0.2) is 0 Å². The highest BCUT2D eigenvalue weighted by Crippen LogP contribution is 2.36. The van der Waals surface area contributed by atoms with Crippen LogP contribution < -0.4 is 11.1 Å². The normalized spacial score (nSPS) is 18.9. The lowest BCUT2D eigenvalue weighted by Crippen LogP contribution is -2.59. The number of carbonyl (C=O) groups excluding carboxylic acids is 1. The minimum absolute atomic E-state index is 0.113. The van der Waals surface area contributed by atoms with Crippen molar-refractivity contribution >= 4 is 5.91 Å². The highest BCUT2D eigenvalue weighted by molar-refractivity contribution is 5.76. The first kappa shape index (κ1) is 17.4. The van der Waals surface area contributed by atoms with Crippen LogP contribution in [0.4, 0.5) is 0 Å². The summed E-state index contributed by atoms with van der Waals surface area (Å²) in [4.78, 5) is 16.5. The maximum Gasteiger partial charge on any atom is 0.221 e. The molecule has 0 aromatic carbocycles. The van der Waals surface area contributed by atoms with Crippen molar-refractivity contribution in [2.75, 3.05) is 40.8 Å². The molecule has 1 aliphatic carbocycles. The third-order valence-corrected chi connectivity index (χ3v) is 4.67. The minimum Gasteiger partial charge on any atom is -0.356 e. The monoisotopic (exact) mass is 284 g/mol. The van der Waals surface area contributed by atoms with Gasteiger partial charge in [-0.3, -0.25) is 9.69 Å². The number of nitrogens with one attached hydrogen (secondary N) is 1. The first-order valence-electron chi connectivity index (χ1n) is 7.79. The summed E-state index contributed by atoms with van der Waals surface area (Å²) in [5.41, 5.74) is 6.15. The number of carbonyl (C=O) groups is 1. The fourth-order valence-electron chi connectivity index (χ4n) is 2.89. The molecule has 0 bridgehead atoms. The Morgan fingerprint density at radius 1 is 1.35 bits per heavy atom. The summed E-state index contributed by atoms with van der Waals surface area (Å²) in [7, 11) is 6.39. The van der Waals surface area contributed by atoms with Gasteiger partial charge >= 0.3 is 0 Å². The van der Waals surface area contributed by atoms with E-state index >= 15 is 0 Å². The Hall–Kier alpha value is -0.650. The van der Waals surface area contributed by atoms with Crippen molar-refractivity contribution in [2.24, 2.45) is 5.73 Å². The highest BCUT2D eigenvalue weighted by Gasteiger charge is 2.40. The molecule has 1 amide bonds. The average molecular weight is 284 g/mol. The highest BCUT2D eigenvalue weighted by atomic mass is 16.1. The minimum atomic E-state index is 0.113. The van der Waals surface area contributed by atoms with Crippen LogP contribution in [-0.2, 0) is 4.79 Å². The summed E-state index contributed by atoms with van der Waals surface area (Å²) >= 11 is 0. The van der Waals surface area contributed by atoms with Crippen LogP contribution >= 0.6 is 0 Å². The van der Waals surface area contributed by atoms with Crippen LogP contribution in [0.3, 0.4) is 0 Å². The Morgan fingerprint density at radius 3 is 2.40 bits per heavy atom. The SMILES string of the molecule is CCCNC(=O)CC(CN)N(C)CC1(N(C)C)CCC1. The summed E-state index contributed by atoms with van der Waals surface area (Å²) in [5, 5.41) is 2.93. The van der Waals surface area contributed by atoms with Gasteiger partial charge in [-0.15, -0.1) is 0 Å². The maximum absolute atomic E-state index is 11.9. The van der Waals surface area contributed by atoms with Gasteiger partial charge in [0.1, 0.15) is 0 Å². The Labute approximate surface area is 123 Å². The second-order valence-corrected chi connectivity index (χ2v) is 6.33. The van der Waals surface area contributed by atoms with Crippen molar-refractivity contribution < 1.29 is 4.79 Å². The van der Waals surface area contributed by atoms with E-state index in [9.17, 15) is 4.79 Å². The Balaban J connectivity index is 2.49. The lowest BCUT2D eigenvalue weighted by molar-refractivity contribution is -0.122. The van der Waals surface area contributed by atoms with Crippen molar-refractivity contribution in [3.05, 3.63) is 0 Å². The summed E-state index contributed by atoms with van der Waals surface area (Å²) in [6.07, 6.45) is 5.25. The van der Waals surface area contributed by atoms with Gasteiger partial charge in [0.25, 0.3) is 0 Å². The number of nitrogens with zero attached hydrogens (tertiary/aromatic N) is 2. The van der Waals surface area contributed by atoms with Gasteiger partial charge in [-0.2, -0.15) is 0 Å². The zero-order chi connectivity index (χ0) is 15.2. The van der Waals surface area contributed by atoms with Gasteiger partial charge in [0.15, 0.2) is 0 Å². The molecule has 1 aliphatic rings. The fraction of sp³-hybridized carbons (Fsp3) is 0.933. The number of nitrogens with two attached hydrogens (primary N) is 1. The second-order valence-electron chi connectivity index (χ2n) is 6.33. The molecule has 1 atom stereocenters. The van der Waals surface area contributed by atoms with Gasteiger partial charge < -0.3 is 16.0 Å². The van der Waals surface area contributed by atoms with Crippen LogP contribution in [0.25, 0.3) is 0 Å². The number of hydrogen-bond donors (Lipinski definition) is 2. The number of hydrogen-bond acceptors (Lipinski definition) is 4. The predicted molar refractivity (Wildman–Crippen MR) is 83.7 cm³/mol. The average Bonchev–Trinajstić information content (AvgIpc) is 2.36. The van der Waals surface area contributed by atoms with E-state index in [2.05, 4.69) is 43.2 Å². The molecule has 0 aromatic rings. The molecule has 0 aromatic heterocycles. The fourth-order valence-corrected chi connectivity index (χ4v) is 2.89. The lowest BCUT2D eigenvalue weighted by Gasteiger charge is -2.50. The van der Waals surface area contributed by atoms with Gasteiger partial charge in [0.05, 0.1) is 0 Å². The molecular weight excluding hydrogens is 252 g/mol. The molecule has 3 N–H and O–H groups in total. The lowest BCUT2D eigenvalue weighted by atomic mass is 9.75. The van der Waals surface area contributed by atoms with Gasteiger partial charge in [0.2, 0.25) is 5.91 Å². The van der Waals surface area contributed by atoms with Crippen LogP contribution in [0.2, 0.25) is 0 Å². The molecular formula is C15H32N4O. The summed E-state index contributed by atoms with van der Waals surface area (Å²) in [6.45, 7) is 4.33. The molecule has 0 aliphatic heterocycles. The largest absolute Gasteiger partial charge is 0.356 e. The van der Waals surface area contributed by atoms with E-state index in [0.29, 0.717) is 13.0 Å². The predicted octanol–water partition coefficient (Wildman–Crippen LogP) is 0.646. The molecule has 20 heavy (non-hydrogen) atoms. The van der Waals surface area contributed by atoms with Crippen LogP contribution in [-0.4, -0.2) is 68.1 Å². The van der Waals surface area contributed by atoms with Crippen molar-refractivity contribution in [2.45, 2.75) is 50.6 Å². The second kappa shape index (κ2) is 7.96. The topological polar surface area (TPSA) is 61.6 Å². The molecule has 0 heterocycles. The van der Waals surface area contributed by atoms with Crippen molar-refractivity contribution in [3.8, 4) is 0 Å². The van der Waals surface area contributed by atoms with Gasteiger partial charge in [-0.05, 0) is 46.8 Å². The van der Waals surface area contributed by atoms with E-state index < -0.39 is 0 Å². The summed E-state index contributed by atoms with van der Waals surface area (Å²) < 4.78 is 0. The number of rotatable bonds is 9. The molecule has 0 saturated heterocycles. The van der Waals surface area contributed by atoms with Crippen molar-refractivity contribution in [3.63, 3.8) is 0 Å². The van der Waals surface area contributed by atoms with E-state index in [-0.39, 0.29) is 17.5 Å². The summed E-state index contributed by atoms with van der Waals surface area (Å²) in [5.74, 6) is 0.113. The maximum atomic E-state index is 11.9. The van der Waals surface area contributed by atoms with Gasteiger partial charge in [0, 0.05) is 37.6 Å². The zero-order valence-corrected chi connectivity index (χ0v) is 13.6. The Bertz CT molecular complexity index is 302. The van der Waals surface area contributed by atoms with Crippen LogP contribution in [0, 0.1) is 0 Å². The third-order valence-electron chi connectivity index (χ3n) is 4.67. The molecule has 5 heteroatoms. The standard InChI is InChI=1S/C15H32N4O/c1-5-9-17-14(20)10-13(11-16)19(4)12-15(18(2)3)7-6-8-15/h13H,5-12,16H2,1-4H3,(H,17,20). The van der Waals surface area contributed by atoms with Crippen molar-refractivity contribution in [1.82, 2.24) is 15.1 Å². The first-order valence-corrected chi connectivity index (χ1v) is 7.79. The zero-order valence-electron chi connectivity index (χ0n) is 13.6. The van der Waals surface area contributed by atoms with Crippen LogP contribution in [0.1, 0.15) is 39.0 Å². The smallest absolute Gasteiger partial charge is 0.221 e. The van der Waals surface area contributed by atoms with E-state index in [1.54, 1.807) is 0 Å². The Kier molecular flexibility index (Phi) is 6.92. The molecule has 0 spiro atoms. The number of likely N-dealkylation sites (N-methyl/N-ethyl adjacent to an activating group) is 2. The molecule has 1 rings (SSSR count). The van der Waals surface area contributed by atoms with Gasteiger partial charge in [-0.25, -0.2) is 0 Å². The summed E-state index contributed by atoms with van der Waals surface area (Å²) in [6, 6.07) is 0.129. The molecule has 1 unspecified atom stereocenters. The molecule has 5 nitrogen and oxygen atoms in total. The molecule has 0 radical (unpaired) electrons. The van der Waals surface area contributed by atoms with Crippen LogP contribution in [0.5, 0.6) is 0 Å². The third kappa shape index (κ3) is 4.43. The quantitative estimate of drug-likeness (QED) is 0.652. The number of amides is 1. The Morgan fingerprint density at radius 2 is 2.00 bits per heavy atom. The van der Waals surface area contributed by atoms with Gasteiger partial charge in [-0.1, -0.05) is 6.92 Å². The van der Waals surface area contributed by atoms with Crippen molar-refractivity contribution in [1.29, 1.82) is 0 Å². The first-order chi connectivity index (χ1) is 9.45. The van der Waals surface area contributed by atoms with E-state index in [0.717, 1.165) is 19.5 Å². The van der Waals surface area contributed by atoms with E-state index in [4.69, 9.17) is 5.73 Å². The molecule has 1 fully saturated rings. The molecule has 1 saturated carbocycles. The van der Waals surface area contributed by atoms with E-state index in [1.807, 2.05) is 0 Å².